The predicted molar refractivity (Wildman–Crippen MR) is 178 cm³/mol. The molecule has 228 valence electrons. The number of hydrogen-bond acceptors (Lipinski definition) is 0. The van der Waals surface area contributed by atoms with E-state index in [-0.39, 0.29) is 44.8 Å². The Bertz CT molecular complexity index is 1430. The van der Waals surface area contributed by atoms with E-state index < -0.39 is 0 Å². The minimum Gasteiger partial charge on any atom is -0.214 e. The third kappa shape index (κ3) is 11.4. The molecule has 5 aromatic rings. The molecule has 0 spiro atoms. The molecule has 0 heterocycles. The van der Waals surface area contributed by atoms with Crippen molar-refractivity contribution in [2.75, 3.05) is 0 Å². The van der Waals surface area contributed by atoms with E-state index in [2.05, 4.69) is 139 Å². The first kappa shape index (κ1) is 38.1. The van der Waals surface area contributed by atoms with E-state index >= 15 is 0 Å². The van der Waals surface area contributed by atoms with Crippen LogP contribution in [-0.2, 0) is 54.3 Å². The molecule has 0 N–H and O–H groups in total. The van der Waals surface area contributed by atoms with Crippen LogP contribution in [0, 0.1) is 6.07 Å². The number of fused-ring (bicyclic) bond motifs is 3. The second kappa shape index (κ2) is 17.6. The molecule has 1 aliphatic rings. The van der Waals surface area contributed by atoms with Crippen molar-refractivity contribution >= 4 is 3.21 Å². The summed E-state index contributed by atoms with van der Waals surface area (Å²) in [5.41, 5.74) is 11.5. The first-order chi connectivity index (χ1) is 20.0. The van der Waals surface area contributed by atoms with Gasteiger partial charge in [-0.2, -0.15) is 42.0 Å². The molecule has 0 aliphatic heterocycles. The van der Waals surface area contributed by atoms with Crippen LogP contribution in [-0.4, -0.2) is 3.21 Å². The van der Waals surface area contributed by atoms with Crippen molar-refractivity contribution in [3.8, 4) is 11.1 Å². The average Bonchev–Trinajstić information content (AvgIpc) is 3.65. The standard InChI is InChI=1S/C21H25.C15H14.C5H5.2BrH.Zr/c1-20(2,3)16-7-9-18-14(12-16)11-15-13-17(21(4,5)6)8-10-19(15)18;1-3-8-14(9-4-1)12-7-13-15-10-5-2-6-11-15;1-2-4-5-3-1;;;/h7-10,12H,11H2,1-6H3;1-6,8-11H,12-13H2;1-5H;2*1H;/q-1;;-1;;;+2/p-2. The van der Waals surface area contributed by atoms with Crippen LogP contribution in [0.1, 0.15) is 74.9 Å². The van der Waals surface area contributed by atoms with Crippen LogP contribution in [0.15, 0.2) is 121 Å². The summed E-state index contributed by atoms with van der Waals surface area (Å²) >= 11 is 1.55. The Morgan fingerprint density at radius 2 is 1.18 bits per heavy atom. The summed E-state index contributed by atoms with van der Waals surface area (Å²) in [6.45, 7) is 13.6. The van der Waals surface area contributed by atoms with Gasteiger partial charge in [0, 0.05) is 0 Å². The van der Waals surface area contributed by atoms with Gasteiger partial charge in [0.1, 0.15) is 0 Å². The van der Waals surface area contributed by atoms with Crippen LogP contribution >= 0.6 is 0 Å². The van der Waals surface area contributed by atoms with E-state index in [0.717, 1.165) is 19.3 Å². The summed E-state index contributed by atoms with van der Waals surface area (Å²) < 4.78 is 1.60. The minimum atomic E-state index is 0. The molecule has 0 radical (unpaired) electrons. The Hall–Kier alpha value is -2.06. The van der Waals surface area contributed by atoms with E-state index in [1.54, 1.807) is 27.4 Å². The fourth-order valence-corrected chi connectivity index (χ4v) is 6.10. The summed E-state index contributed by atoms with van der Waals surface area (Å²) in [6.07, 6.45) is 3.26. The SMILES string of the molecule is CC(C)(C)c1[c-]c2c(cc1)-c1ccc(C(C)(C)C)cc1C2.[Br-].[Br-].[Zr+2]=[C](Cc1ccccc1)Cc1ccccc1.c1cc[cH-]c1. The maximum Gasteiger partial charge on any atom is -0.172 e. The first-order valence-corrected chi connectivity index (χ1v) is 16.2. The molecule has 0 fully saturated rings. The van der Waals surface area contributed by atoms with E-state index in [1.165, 1.54) is 44.5 Å². The van der Waals surface area contributed by atoms with Gasteiger partial charge in [-0.15, -0.1) is 11.1 Å². The van der Waals surface area contributed by atoms with Crippen molar-refractivity contribution in [3.05, 3.63) is 161 Å². The topological polar surface area (TPSA) is 0 Å². The Morgan fingerprint density at radius 3 is 1.64 bits per heavy atom. The third-order valence-corrected chi connectivity index (χ3v) is 8.41. The molecule has 3 heteroatoms. The zero-order valence-corrected chi connectivity index (χ0v) is 32.6. The van der Waals surface area contributed by atoms with Crippen LogP contribution in [0.2, 0.25) is 0 Å². The van der Waals surface area contributed by atoms with Crippen LogP contribution < -0.4 is 34.0 Å². The molecular formula is C41H44Br2Zr-2. The van der Waals surface area contributed by atoms with E-state index in [0.29, 0.717) is 0 Å². The molecule has 0 bridgehead atoms. The van der Waals surface area contributed by atoms with Gasteiger partial charge < -0.3 is 34.0 Å². The molecule has 0 saturated heterocycles. The van der Waals surface area contributed by atoms with Gasteiger partial charge in [-0.25, -0.2) is 12.1 Å². The Labute approximate surface area is 302 Å². The smallest absolute Gasteiger partial charge is 0.172 e. The Morgan fingerprint density at radius 1 is 0.659 bits per heavy atom. The maximum atomic E-state index is 3.67. The second-order valence-corrected chi connectivity index (χ2v) is 14.9. The van der Waals surface area contributed by atoms with Crippen molar-refractivity contribution in [3.63, 3.8) is 0 Å². The molecule has 6 rings (SSSR count). The van der Waals surface area contributed by atoms with Gasteiger partial charge in [-0.3, -0.25) is 0 Å². The monoisotopic (exact) mass is 784 g/mol. The van der Waals surface area contributed by atoms with Crippen LogP contribution in [0.3, 0.4) is 0 Å². The maximum absolute atomic E-state index is 3.67. The van der Waals surface area contributed by atoms with Gasteiger partial charge in [-0.05, 0) is 28.4 Å². The van der Waals surface area contributed by atoms with Crippen molar-refractivity contribution in [1.29, 1.82) is 0 Å². The van der Waals surface area contributed by atoms with Gasteiger partial charge >= 0.3 is 112 Å². The quantitative estimate of drug-likeness (QED) is 0.235. The van der Waals surface area contributed by atoms with Gasteiger partial charge in [0.25, 0.3) is 0 Å². The van der Waals surface area contributed by atoms with Crippen molar-refractivity contribution in [2.24, 2.45) is 0 Å². The fourth-order valence-electron chi connectivity index (χ4n) is 5.10. The van der Waals surface area contributed by atoms with Crippen molar-refractivity contribution in [2.45, 2.75) is 71.6 Å². The molecule has 0 aromatic heterocycles. The second-order valence-electron chi connectivity index (χ2n) is 13.2. The first-order valence-electron chi connectivity index (χ1n) is 15.0. The molecule has 0 atom stereocenters. The van der Waals surface area contributed by atoms with Gasteiger partial charge in [0.2, 0.25) is 0 Å². The number of benzene rings is 4. The normalized spacial score (nSPS) is 11.3. The number of halogens is 2. The van der Waals surface area contributed by atoms with Gasteiger partial charge in [-0.1, -0.05) is 65.3 Å². The minimum absolute atomic E-state index is 0. The van der Waals surface area contributed by atoms with E-state index in [9.17, 15) is 0 Å². The Balaban J connectivity index is 0.000000260. The van der Waals surface area contributed by atoms with Crippen molar-refractivity contribution in [1.82, 2.24) is 0 Å². The summed E-state index contributed by atoms with van der Waals surface area (Å²) in [7, 11) is 0. The largest absolute Gasteiger partial charge is 0.214 e. The zero-order valence-electron chi connectivity index (χ0n) is 26.9. The molecule has 1 aliphatic carbocycles. The summed E-state index contributed by atoms with van der Waals surface area (Å²) in [4.78, 5) is 0. The van der Waals surface area contributed by atoms with Gasteiger partial charge in [0.05, 0.1) is 0 Å². The van der Waals surface area contributed by atoms with Crippen molar-refractivity contribution < 1.29 is 58.2 Å². The van der Waals surface area contributed by atoms with E-state index in [4.69, 9.17) is 0 Å². The summed E-state index contributed by atoms with van der Waals surface area (Å²) in [5.74, 6) is 0. The van der Waals surface area contributed by atoms with Crippen LogP contribution in [0.5, 0.6) is 0 Å². The molecule has 0 unspecified atom stereocenters. The third-order valence-electron chi connectivity index (χ3n) is 7.54. The van der Waals surface area contributed by atoms with Crippen LogP contribution in [0.25, 0.3) is 11.1 Å². The number of hydrogen-bond donors (Lipinski definition) is 0. The summed E-state index contributed by atoms with van der Waals surface area (Å²) in [6, 6.07) is 46.6. The predicted octanol–water partition coefficient (Wildman–Crippen LogP) is 4.26. The fraction of sp³-hybridized carbons (Fsp3) is 0.268. The summed E-state index contributed by atoms with van der Waals surface area (Å²) in [5, 5.41) is 0. The van der Waals surface area contributed by atoms with Crippen LogP contribution in [0.4, 0.5) is 0 Å². The van der Waals surface area contributed by atoms with Gasteiger partial charge in [0.15, 0.2) is 0 Å². The van der Waals surface area contributed by atoms with E-state index in [1.807, 2.05) is 30.3 Å². The average molecular weight is 788 g/mol. The molecular weight excluding hydrogens is 743 g/mol. The Kier molecular flexibility index (Phi) is 15.2. The zero-order chi connectivity index (χ0) is 30.2. The molecule has 5 aromatic carbocycles. The molecule has 0 amide bonds. The number of rotatable bonds is 4. The molecule has 0 saturated carbocycles. The molecule has 0 nitrogen and oxygen atoms in total. The molecule has 44 heavy (non-hydrogen) atoms.